The highest BCUT2D eigenvalue weighted by molar-refractivity contribution is 5.93. The van der Waals surface area contributed by atoms with Crippen molar-refractivity contribution in [1.82, 2.24) is 15.2 Å². The molecule has 1 aliphatic rings. The molecule has 2 N–H and O–H groups in total. The van der Waals surface area contributed by atoms with E-state index in [1.165, 1.54) is 12.1 Å². The van der Waals surface area contributed by atoms with Crippen LogP contribution in [0.5, 0.6) is 0 Å². The Morgan fingerprint density at radius 1 is 1.30 bits per heavy atom. The minimum absolute atomic E-state index is 0.0314. The van der Waals surface area contributed by atoms with Gasteiger partial charge in [0.15, 0.2) is 0 Å². The minimum Gasteiger partial charge on any atom is -0.357 e. The largest absolute Gasteiger partial charge is 0.357 e. The molecule has 1 fully saturated rings. The second-order valence-electron chi connectivity index (χ2n) is 5.67. The van der Waals surface area contributed by atoms with Crippen LogP contribution in [0.2, 0.25) is 0 Å². The second-order valence-corrected chi connectivity index (χ2v) is 5.67. The third-order valence-corrected chi connectivity index (χ3v) is 3.98. The van der Waals surface area contributed by atoms with Crippen LogP contribution < -0.4 is 5.32 Å². The number of H-pyrrole nitrogens is 1. The number of rotatable bonds is 5. The van der Waals surface area contributed by atoms with E-state index in [1.54, 1.807) is 35.4 Å². The molecule has 0 unspecified atom stereocenters. The van der Waals surface area contributed by atoms with Crippen LogP contribution in [0.25, 0.3) is 0 Å². The molecule has 0 aliphatic carbocycles. The number of aromatic nitrogens is 1. The van der Waals surface area contributed by atoms with Crippen LogP contribution in [-0.4, -0.2) is 40.8 Å². The molecule has 1 aromatic heterocycles. The van der Waals surface area contributed by atoms with E-state index in [4.69, 9.17) is 0 Å². The van der Waals surface area contributed by atoms with Crippen molar-refractivity contribution < 1.29 is 14.0 Å². The molecule has 2 amide bonds. The number of benzene rings is 1. The molecule has 1 saturated heterocycles. The summed E-state index contributed by atoms with van der Waals surface area (Å²) in [6.45, 7) is 1.08. The fourth-order valence-electron chi connectivity index (χ4n) is 2.73. The highest BCUT2D eigenvalue weighted by atomic mass is 19.1. The van der Waals surface area contributed by atoms with E-state index in [0.29, 0.717) is 31.6 Å². The van der Waals surface area contributed by atoms with E-state index in [9.17, 15) is 14.0 Å². The molecular formula is C17H18FN3O2. The van der Waals surface area contributed by atoms with Crippen molar-refractivity contribution in [3.05, 3.63) is 59.7 Å². The molecule has 2 heterocycles. The van der Waals surface area contributed by atoms with E-state index < -0.39 is 0 Å². The van der Waals surface area contributed by atoms with E-state index in [0.717, 1.165) is 5.56 Å². The Bertz CT molecular complexity index is 682. The molecule has 1 aliphatic heterocycles. The molecule has 23 heavy (non-hydrogen) atoms. The lowest BCUT2D eigenvalue weighted by Crippen LogP contribution is -2.37. The lowest BCUT2D eigenvalue weighted by Gasteiger charge is -2.17. The Morgan fingerprint density at radius 2 is 2.09 bits per heavy atom. The summed E-state index contributed by atoms with van der Waals surface area (Å²) in [6.07, 6.45) is 2.67. The van der Waals surface area contributed by atoms with Crippen molar-refractivity contribution in [2.24, 2.45) is 0 Å². The molecule has 0 radical (unpaired) electrons. The summed E-state index contributed by atoms with van der Waals surface area (Å²) < 4.78 is 12.9. The summed E-state index contributed by atoms with van der Waals surface area (Å²) in [7, 11) is 0. The third kappa shape index (κ3) is 3.77. The van der Waals surface area contributed by atoms with Gasteiger partial charge in [0.05, 0.1) is 6.04 Å². The zero-order valence-corrected chi connectivity index (χ0v) is 12.6. The first kappa shape index (κ1) is 15.3. The van der Waals surface area contributed by atoms with Gasteiger partial charge in [-0.25, -0.2) is 4.39 Å². The normalized spacial score (nSPS) is 17.5. The van der Waals surface area contributed by atoms with Gasteiger partial charge in [0.25, 0.3) is 5.91 Å². The SMILES string of the molecule is O=C(N[C@@H]1CC(=O)N(CCc2ccc(F)cc2)C1)c1ccc[nH]1. The first-order valence-electron chi connectivity index (χ1n) is 7.58. The standard InChI is InChI=1S/C17H18FN3O2/c18-13-5-3-12(4-6-13)7-9-21-11-14(10-16(21)22)20-17(23)15-2-1-8-19-15/h1-6,8,14,19H,7,9-11H2,(H,20,23)/t14-/m1/s1. The summed E-state index contributed by atoms with van der Waals surface area (Å²) in [5.74, 6) is -0.435. The smallest absolute Gasteiger partial charge is 0.267 e. The van der Waals surface area contributed by atoms with Gasteiger partial charge >= 0.3 is 0 Å². The zero-order chi connectivity index (χ0) is 16.2. The van der Waals surface area contributed by atoms with Gasteiger partial charge in [-0.1, -0.05) is 12.1 Å². The van der Waals surface area contributed by atoms with Gasteiger partial charge in [-0.15, -0.1) is 0 Å². The Hall–Kier alpha value is -2.63. The summed E-state index contributed by atoms with van der Waals surface area (Å²) in [4.78, 5) is 28.6. The number of carbonyl (C=O) groups is 2. The number of carbonyl (C=O) groups excluding carboxylic acids is 2. The monoisotopic (exact) mass is 315 g/mol. The van der Waals surface area contributed by atoms with Gasteiger partial charge in [0.2, 0.25) is 5.91 Å². The highest BCUT2D eigenvalue weighted by Crippen LogP contribution is 2.13. The molecule has 2 aromatic rings. The van der Waals surface area contributed by atoms with E-state index in [2.05, 4.69) is 10.3 Å². The molecule has 0 bridgehead atoms. The minimum atomic E-state index is -0.266. The summed E-state index contributed by atoms with van der Waals surface area (Å²) in [5.41, 5.74) is 1.47. The second kappa shape index (κ2) is 6.64. The van der Waals surface area contributed by atoms with Crippen molar-refractivity contribution in [1.29, 1.82) is 0 Å². The first-order chi connectivity index (χ1) is 11.1. The molecular weight excluding hydrogens is 297 g/mol. The predicted octanol–water partition coefficient (Wildman–Crippen LogP) is 1.73. The fraction of sp³-hybridized carbons (Fsp3) is 0.294. The number of aromatic amines is 1. The maximum atomic E-state index is 12.9. The highest BCUT2D eigenvalue weighted by Gasteiger charge is 2.30. The molecule has 3 rings (SSSR count). The number of halogens is 1. The van der Waals surface area contributed by atoms with Crippen molar-refractivity contribution in [3.8, 4) is 0 Å². The molecule has 6 heteroatoms. The van der Waals surface area contributed by atoms with Gasteiger partial charge in [0, 0.05) is 25.7 Å². The molecule has 1 aromatic carbocycles. The molecule has 1 atom stereocenters. The van der Waals surface area contributed by atoms with Crippen LogP contribution in [0.3, 0.4) is 0 Å². The maximum absolute atomic E-state index is 12.9. The lowest BCUT2D eigenvalue weighted by molar-refractivity contribution is -0.127. The van der Waals surface area contributed by atoms with E-state index in [1.807, 2.05) is 0 Å². The topological polar surface area (TPSA) is 65.2 Å². The van der Waals surface area contributed by atoms with E-state index in [-0.39, 0.29) is 23.7 Å². The molecule has 0 spiro atoms. The third-order valence-electron chi connectivity index (χ3n) is 3.98. The van der Waals surface area contributed by atoms with Crippen LogP contribution in [0.15, 0.2) is 42.6 Å². The zero-order valence-electron chi connectivity index (χ0n) is 12.6. The van der Waals surface area contributed by atoms with Gasteiger partial charge in [-0.2, -0.15) is 0 Å². The molecule has 5 nitrogen and oxygen atoms in total. The summed E-state index contributed by atoms with van der Waals surface area (Å²) >= 11 is 0. The Labute approximate surface area is 133 Å². The van der Waals surface area contributed by atoms with Gasteiger partial charge in [-0.3, -0.25) is 9.59 Å². The number of hydrogen-bond acceptors (Lipinski definition) is 2. The van der Waals surface area contributed by atoms with Crippen molar-refractivity contribution in [2.45, 2.75) is 18.9 Å². The average Bonchev–Trinajstić information content (AvgIpc) is 3.17. The number of nitrogens with zero attached hydrogens (tertiary/aromatic N) is 1. The van der Waals surface area contributed by atoms with Gasteiger partial charge in [0.1, 0.15) is 11.5 Å². The Balaban J connectivity index is 1.51. The van der Waals surface area contributed by atoms with Crippen LogP contribution >= 0.6 is 0 Å². The first-order valence-corrected chi connectivity index (χ1v) is 7.58. The number of hydrogen-bond donors (Lipinski definition) is 2. The summed E-state index contributed by atoms with van der Waals surface area (Å²) in [6, 6.07) is 9.55. The van der Waals surface area contributed by atoms with Gasteiger partial charge < -0.3 is 15.2 Å². The Morgan fingerprint density at radius 3 is 2.78 bits per heavy atom. The van der Waals surface area contributed by atoms with Crippen molar-refractivity contribution in [3.63, 3.8) is 0 Å². The van der Waals surface area contributed by atoms with Crippen LogP contribution in [-0.2, 0) is 11.2 Å². The quantitative estimate of drug-likeness (QED) is 0.882. The van der Waals surface area contributed by atoms with Crippen LogP contribution in [0, 0.1) is 5.82 Å². The fourth-order valence-corrected chi connectivity index (χ4v) is 2.73. The number of nitrogens with one attached hydrogen (secondary N) is 2. The number of likely N-dealkylation sites (tertiary alicyclic amines) is 1. The Kier molecular flexibility index (Phi) is 4.41. The lowest BCUT2D eigenvalue weighted by atomic mass is 10.1. The predicted molar refractivity (Wildman–Crippen MR) is 83.3 cm³/mol. The summed E-state index contributed by atoms with van der Waals surface area (Å²) in [5, 5.41) is 2.87. The average molecular weight is 315 g/mol. The maximum Gasteiger partial charge on any atom is 0.267 e. The van der Waals surface area contributed by atoms with Crippen LogP contribution in [0.4, 0.5) is 4.39 Å². The van der Waals surface area contributed by atoms with Crippen molar-refractivity contribution >= 4 is 11.8 Å². The van der Waals surface area contributed by atoms with E-state index >= 15 is 0 Å². The van der Waals surface area contributed by atoms with Crippen molar-refractivity contribution in [2.75, 3.05) is 13.1 Å². The molecule has 0 saturated carbocycles. The van der Waals surface area contributed by atoms with Crippen LogP contribution in [0.1, 0.15) is 22.5 Å². The number of amides is 2. The van der Waals surface area contributed by atoms with Gasteiger partial charge in [-0.05, 0) is 36.2 Å². The molecule has 120 valence electrons.